The average Bonchev–Trinajstić information content (AvgIpc) is 2.79. The van der Waals surface area contributed by atoms with Gasteiger partial charge in [0, 0.05) is 36.4 Å². The molecule has 0 aliphatic carbocycles. The van der Waals surface area contributed by atoms with Gasteiger partial charge in [-0.05, 0) is 30.2 Å². The molecular formula is C16H24N2O2S. The Bertz CT molecular complexity index is 702. The number of nitrogens with zero attached hydrogens (tertiary/aromatic N) is 1. The normalized spacial score (nSPS) is 12.4. The zero-order valence-corrected chi connectivity index (χ0v) is 13.8. The predicted molar refractivity (Wildman–Crippen MR) is 88.2 cm³/mol. The van der Waals surface area contributed by atoms with Gasteiger partial charge >= 0.3 is 0 Å². The van der Waals surface area contributed by atoms with E-state index in [0.29, 0.717) is 12.5 Å². The third kappa shape index (κ3) is 4.58. The van der Waals surface area contributed by atoms with Crippen molar-refractivity contribution in [3.63, 3.8) is 0 Å². The number of nitrogens with one attached hydrogen (secondary N) is 1. The summed E-state index contributed by atoms with van der Waals surface area (Å²) >= 11 is 0. The van der Waals surface area contributed by atoms with E-state index in [1.54, 1.807) is 0 Å². The monoisotopic (exact) mass is 308 g/mol. The molecule has 116 valence electrons. The van der Waals surface area contributed by atoms with E-state index in [0.717, 1.165) is 18.6 Å². The van der Waals surface area contributed by atoms with Gasteiger partial charge in [0.2, 0.25) is 0 Å². The van der Waals surface area contributed by atoms with Crippen LogP contribution in [0, 0.1) is 5.92 Å². The molecule has 1 aromatic carbocycles. The highest BCUT2D eigenvalue weighted by Gasteiger charge is 2.08. The molecule has 5 heteroatoms. The summed E-state index contributed by atoms with van der Waals surface area (Å²) in [6, 6.07) is 8.27. The molecule has 0 saturated heterocycles. The fraction of sp³-hybridized carbons (Fsp3) is 0.500. The van der Waals surface area contributed by atoms with Crippen LogP contribution >= 0.6 is 0 Å². The summed E-state index contributed by atoms with van der Waals surface area (Å²) in [5.74, 6) is 0.802. The van der Waals surface area contributed by atoms with Gasteiger partial charge in [0.15, 0.2) is 0 Å². The second-order valence-corrected chi connectivity index (χ2v) is 8.27. The number of rotatable bonds is 7. The SMILES string of the molecule is CC(C)CNCc1cccc2c1ccn2CCS(C)(=O)=O. The second kappa shape index (κ2) is 6.62. The van der Waals surface area contributed by atoms with E-state index < -0.39 is 9.84 Å². The number of aryl methyl sites for hydroxylation is 1. The highest BCUT2D eigenvalue weighted by molar-refractivity contribution is 7.90. The minimum atomic E-state index is -2.94. The molecule has 4 nitrogen and oxygen atoms in total. The minimum Gasteiger partial charge on any atom is -0.346 e. The largest absolute Gasteiger partial charge is 0.346 e. The Kier molecular flexibility index (Phi) is 5.06. The van der Waals surface area contributed by atoms with Crippen LogP contribution in [-0.2, 0) is 22.9 Å². The Morgan fingerprint density at radius 3 is 2.67 bits per heavy atom. The van der Waals surface area contributed by atoms with Crippen LogP contribution in [0.2, 0.25) is 0 Å². The first-order valence-corrected chi connectivity index (χ1v) is 9.38. The predicted octanol–water partition coefficient (Wildman–Crippen LogP) is 2.43. The minimum absolute atomic E-state index is 0.173. The second-order valence-electron chi connectivity index (χ2n) is 6.01. The van der Waals surface area contributed by atoms with E-state index in [4.69, 9.17) is 0 Å². The van der Waals surface area contributed by atoms with E-state index in [9.17, 15) is 8.42 Å². The lowest BCUT2D eigenvalue weighted by Gasteiger charge is -2.09. The maximum Gasteiger partial charge on any atom is 0.149 e. The molecule has 1 heterocycles. The van der Waals surface area contributed by atoms with Gasteiger partial charge < -0.3 is 9.88 Å². The average molecular weight is 308 g/mol. The van der Waals surface area contributed by atoms with Crippen molar-refractivity contribution in [1.82, 2.24) is 9.88 Å². The van der Waals surface area contributed by atoms with Crippen molar-refractivity contribution >= 4 is 20.7 Å². The summed E-state index contributed by atoms with van der Waals surface area (Å²) in [5, 5.41) is 4.65. The lowest BCUT2D eigenvalue weighted by molar-refractivity contribution is 0.553. The Labute approximate surface area is 127 Å². The van der Waals surface area contributed by atoms with E-state index in [2.05, 4.69) is 31.3 Å². The fourth-order valence-corrected chi connectivity index (χ4v) is 2.92. The summed E-state index contributed by atoms with van der Waals surface area (Å²) in [5.41, 5.74) is 2.36. The van der Waals surface area contributed by atoms with Crippen LogP contribution in [0.15, 0.2) is 30.5 Å². The van der Waals surface area contributed by atoms with Crippen molar-refractivity contribution in [3.8, 4) is 0 Å². The highest BCUT2D eigenvalue weighted by Crippen LogP contribution is 2.20. The van der Waals surface area contributed by atoms with Gasteiger partial charge in [-0.15, -0.1) is 0 Å². The van der Waals surface area contributed by atoms with Crippen LogP contribution < -0.4 is 5.32 Å². The molecule has 0 aliphatic heterocycles. The standard InChI is InChI=1S/C16H24N2O2S/c1-13(2)11-17-12-14-5-4-6-16-15(14)7-8-18(16)9-10-21(3,19)20/h4-8,13,17H,9-12H2,1-3H3. The van der Waals surface area contributed by atoms with Crippen molar-refractivity contribution in [2.75, 3.05) is 18.6 Å². The Morgan fingerprint density at radius 1 is 1.24 bits per heavy atom. The molecule has 1 N–H and O–H groups in total. The fourth-order valence-electron chi connectivity index (χ4n) is 2.40. The first-order valence-electron chi connectivity index (χ1n) is 7.32. The van der Waals surface area contributed by atoms with Crippen LogP contribution in [0.3, 0.4) is 0 Å². The molecule has 0 unspecified atom stereocenters. The lowest BCUT2D eigenvalue weighted by Crippen LogP contribution is -2.19. The quantitative estimate of drug-likeness (QED) is 0.854. The molecule has 1 aromatic heterocycles. The van der Waals surface area contributed by atoms with Crippen LogP contribution in [-0.4, -0.2) is 31.5 Å². The number of aromatic nitrogens is 1. The number of benzene rings is 1. The highest BCUT2D eigenvalue weighted by atomic mass is 32.2. The Morgan fingerprint density at radius 2 is 2.00 bits per heavy atom. The van der Waals surface area contributed by atoms with Crippen LogP contribution in [0.5, 0.6) is 0 Å². The van der Waals surface area contributed by atoms with Crippen LogP contribution in [0.25, 0.3) is 10.9 Å². The maximum atomic E-state index is 11.3. The summed E-state index contributed by atoms with van der Waals surface area (Å²) < 4.78 is 24.6. The molecule has 21 heavy (non-hydrogen) atoms. The first-order chi connectivity index (χ1) is 9.87. The molecule has 0 bridgehead atoms. The van der Waals surface area contributed by atoms with Gasteiger partial charge in [0.25, 0.3) is 0 Å². The molecule has 0 fully saturated rings. The van der Waals surface area contributed by atoms with Crippen molar-refractivity contribution < 1.29 is 8.42 Å². The number of fused-ring (bicyclic) bond motifs is 1. The van der Waals surface area contributed by atoms with Gasteiger partial charge in [-0.25, -0.2) is 8.42 Å². The third-order valence-corrected chi connectivity index (χ3v) is 4.40. The zero-order chi connectivity index (χ0) is 15.5. The lowest BCUT2D eigenvalue weighted by atomic mass is 10.1. The zero-order valence-electron chi connectivity index (χ0n) is 13.0. The molecular weight excluding hydrogens is 284 g/mol. The van der Waals surface area contributed by atoms with Gasteiger partial charge in [-0.3, -0.25) is 0 Å². The van der Waals surface area contributed by atoms with E-state index in [-0.39, 0.29) is 5.75 Å². The van der Waals surface area contributed by atoms with Crippen LogP contribution in [0.1, 0.15) is 19.4 Å². The van der Waals surface area contributed by atoms with Gasteiger partial charge in [-0.2, -0.15) is 0 Å². The first kappa shape index (κ1) is 16.0. The molecule has 0 aliphatic rings. The van der Waals surface area contributed by atoms with Crippen molar-refractivity contribution in [1.29, 1.82) is 0 Å². The number of hydrogen-bond donors (Lipinski definition) is 1. The number of sulfone groups is 1. The van der Waals surface area contributed by atoms with Crippen LogP contribution in [0.4, 0.5) is 0 Å². The van der Waals surface area contributed by atoms with Crippen molar-refractivity contribution in [3.05, 3.63) is 36.0 Å². The van der Waals surface area contributed by atoms with Crippen molar-refractivity contribution in [2.45, 2.75) is 26.9 Å². The molecule has 2 aromatic rings. The van der Waals surface area contributed by atoms with Gasteiger partial charge in [0.1, 0.15) is 9.84 Å². The molecule has 0 spiro atoms. The summed E-state index contributed by atoms with van der Waals surface area (Å²) in [4.78, 5) is 0. The smallest absolute Gasteiger partial charge is 0.149 e. The maximum absolute atomic E-state index is 11.3. The molecule has 0 radical (unpaired) electrons. The number of hydrogen-bond acceptors (Lipinski definition) is 3. The Hall–Kier alpha value is -1.33. The van der Waals surface area contributed by atoms with E-state index in [1.165, 1.54) is 17.2 Å². The van der Waals surface area contributed by atoms with E-state index >= 15 is 0 Å². The summed E-state index contributed by atoms with van der Waals surface area (Å²) in [7, 11) is -2.94. The molecule has 2 rings (SSSR count). The molecule has 0 saturated carbocycles. The van der Waals surface area contributed by atoms with Gasteiger partial charge in [-0.1, -0.05) is 26.0 Å². The summed E-state index contributed by atoms with van der Waals surface area (Å²) in [6.07, 6.45) is 3.25. The van der Waals surface area contributed by atoms with E-state index in [1.807, 2.05) is 22.9 Å². The topological polar surface area (TPSA) is 51.1 Å². The Balaban J connectivity index is 2.16. The molecule has 0 atom stereocenters. The van der Waals surface area contributed by atoms with Gasteiger partial charge in [0.05, 0.1) is 5.75 Å². The third-order valence-electron chi connectivity index (χ3n) is 3.48. The molecule has 0 amide bonds. The summed E-state index contributed by atoms with van der Waals surface area (Å²) in [6.45, 7) is 6.71. The van der Waals surface area contributed by atoms with Crippen molar-refractivity contribution in [2.24, 2.45) is 5.92 Å².